The third-order valence-corrected chi connectivity index (χ3v) is 5.54. The summed E-state index contributed by atoms with van der Waals surface area (Å²) in [5.41, 5.74) is 5.89. The predicted octanol–water partition coefficient (Wildman–Crippen LogP) is 0.479. The topological polar surface area (TPSA) is 194 Å². The van der Waals surface area contributed by atoms with Gasteiger partial charge in [-0.2, -0.15) is 0 Å². The number of fused-ring (bicyclic) bond motifs is 2. The normalized spacial score (nSPS) is 21.6. The van der Waals surface area contributed by atoms with Gasteiger partial charge in [-0.3, -0.25) is 24.5 Å². The summed E-state index contributed by atoms with van der Waals surface area (Å²) in [5.74, 6) is -1.96. The number of amides is 3. The summed E-state index contributed by atoms with van der Waals surface area (Å²) in [6.07, 6.45) is 2.62. The van der Waals surface area contributed by atoms with Gasteiger partial charge in [-0.15, -0.1) is 0 Å². The molecule has 2 aromatic rings. The first kappa shape index (κ1) is 25.3. The van der Waals surface area contributed by atoms with Crippen LogP contribution in [0.4, 0.5) is 17.3 Å². The molecule has 0 saturated carbocycles. The van der Waals surface area contributed by atoms with Crippen molar-refractivity contribution in [2.24, 2.45) is 5.73 Å². The molecule has 35 heavy (non-hydrogen) atoms. The number of carbonyl (C=O) groups is 3. The molecule has 3 atom stereocenters. The van der Waals surface area contributed by atoms with Gasteiger partial charge >= 0.3 is 5.69 Å². The van der Waals surface area contributed by atoms with Crippen LogP contribution in [0.15, 0.2) is 36.7 Å². The molecule has 1 aromatic carbocycles. The zero-order valence-electron chi connectivity index (χ0n) is 19.2. The molecule has 0 fully saturated rings. The van der Waals surface area contributed by atoms with Gasteiger partial charge in [0.25, 0.3) is 0 Å². The molecule has 0 spiro atoms. The summed E-state index contributed by atoms with van der Waals surface area (Å²) in [4.78, 5) is 57.0. The minimum Gasteiger partial charge on any atom is -0.368 e. The molecular weight excluding hydrogens is 456 g/mol. The maximum Gasteiger partial charge on any atom is 0.353 e. The van der Waals surface area contributed by atoms with Gasteiger partial charge in [0.2, 0.25) is 29.4 Å². The summed E-state index contributed by atoms with van der Waals surface area (Å²) < 4.78 is 0. The molecule has 1 aliphatic heterocycles. The molecule has 13 heteroatoms. The average molecular weight is 485 g/mol. The van der Waals surface area contributed by atoms with Crippen LogP contribution in [0.5, 0.6) is 0 Å². The molecule has 1 aliphatic rings. The van der Waals surface area contributed by atoms with E-state index in [0.29, 0.717) is 19.4 Å². The molecular formula is C22H28N8O5. The van der Waals surface area contributed by atoms with Crippen LogP contribution < -0.4 is 27.0 Å². The second kappa shape index (κ2) is 11.7. The lowest BCUT2D eigenvalue weighted by atomic mass is 10.0. The van der Waals surface area contributed by atoms with Crippen LogP contribution in [0.1, 0.15) is 31.7 Å². The number of rotatable bonds is 4. The molecule has 0 unspecified atom stereocenters. The van der Waals surface area contributed by atoms with Gasteiger partial charge < -0.3 is 27.0 Å². The highest BCUT2D eigenvalue weighted by Crippen LogP contribution is 2.29. The smallest absolute Gasteiger partial charge is 0.353 e. The summed E-state index contributed by atoms with van der Waals surface area (Å²) in [7, 11) is 0. The highest BCUT2D eigenvalue weighted by molar-refractivity contribution is 5.93. The van der Waals surface area contributed by atoms with Crippen molar-refractivity contribution in [2.75, 3.05) is 17.2 Å². The predicted molar refractivity (Wildman–Crippen MR) is 127 cm³/mol. The highest BCUT2D eigenvalue weighted by atomic mass is 16.6. The lowest BCUT2D eigenvalue weighted by Gasteiger charge is -2.24. The van der Waals surface area contributed by atoms with E-state index in [1.165, 1.54) is 6.92 Å². The molecule has 186 valence electrons. The van der Waals surface area contributed by atoms with E-state index in [4.69, 9.17) is 5.73 Å². The number of hydrogen-bond donors (Lipinski definition) is 5. The first-order valence-corrected chi connectivity index (χ1v) is 11.2. The fourth-order valence-corrected chi connectivity index (χ4v) is 3.65. The number of carbonyl (C=O) groups excluding carboxylic acids is 3. The van der Waals surface area contributed by atoms with Gasteiger partial charge in [0.1, 0.15) is 24.5 Å². The number of primary amides is 1. The number of nitrogens with two attached hydrogens (primary N) is 1. The van der Waals surface area contributed by atoms with Crippen molar-refractivity contribution < 1.29 is 19.3 Å². The van der Waals surface area contributed by atoms with E-state index in [1.807, 2.05) is 18.2 Å². The number of hydrogen-bond acceptors (Lipinski definition) is 9. The van der Waals surface area contributed by atoms with Gasteiger partial charge in [-0.1, -0.05) is 30.3 Å². The van der Waals surface area contributed by atoms with E-state index in [9.17, 15) is 24.5 Å². The monoisotopic (exact) mass is 484 g/mol. The number of nitro groups is 1. The Kier molecular flexibility index (Phi) is 8.48. The van der Waals surface area contributed by atoms with Crippen LogP contribution in [0, 0.1) is 10.1 Å². The van der Waals surface area contributed by atoms with Crippen LogP contribution in [-0.2, 0) is 20.8 Å². The van der Waals surface area contributed by atoms with E-state index in [-0.39, 0.29) is 24.5 Å². The Morgan fingerprint density at radius 1 is 1.09 bits per heavy atom. The molecule has 13 nitrogen and oxygen atoms in total. The Labute approximate surface area is 201 Å². The van der Waals surface area contributed by atoms with Gasteiger partial charge in [0, 0.05) is 13.0 Å². The Hall–Kier alpha value is -4.29. The number of benzene rings is 1. The van der Waals surface area contributed by atoms with Crippen molar-refractivity contribution in [1.29, 1.82) is 0 Å². The van der Waals surface area contributed by atoms with Crippen LogP contribution in [0.25, 0.3) is 0 Å². The zero-order valence-corrected chi connectivity index (χ0v) is 19.2. The van der Waals surface area contributed by atoms with Crippen molar-refractivity contribution in [3.05, 3.63) is 52.3 Å². The molecule has 0 aliphatic carbocycles. The van der Waals surface area contributed by atoms with Crippen LogP contribution >= 0.6 is 0 Å². The molecule has 0 saturated heterocycles. The average Bonchev–Trinajstić information content (AvgIpc) is 2.82. The lowest BCUT2D eigenvalue weighted by molar-refractivity contribution is -0.383. The van der Waals surface area contributed by atoms with Gasteiger partial charge in [0.05, 0.1) is 4.92 Å². The second-order valence-corrected chi connectivity index (χ2v) is 8.18. The summed E-state index contributed by atoms with van der Waals surface area (Å²) in [5, 5.41) is 22.7. The Balaban J connectivity index is 1.92. The number of aromatic nitrogens is 2. The Bertz CT molecular complexity index is 1080. The van der Waals surface area contributed by atoms with Crippen LogP contribution in [-0.4, -0.2) is 57.3 Å². The van der Waals surface area contributed by atoms with Crippen LogP contribution in [0.2, 0.25) is 0 Å². The molecule has 3 rings (SSSR count). The number of nitrogens with zero attached hydrogens (tertiary/aromatic N) is 3. The minimum atomic E-state index is -1.01. The molecule has 3 amide bonds. The fraction of sp³-hybridized carbons (Fsp3) is 0.409. The molecule has 1 aromatic heterocycles. The minimum absolute atomic E-state index is 0.00825. The SMILES string of the molecule is C[C@H]1Nc2ncnc(c2[N+](=O)[O-])NCCCC[C@H](C(N)=O)NC(=O)[C@@H](Cc2ccccc2)NC1=O. The first-order valence-electron chi connectivity index (χ1n) is 11.2. The van der Waals surface area contributed by atoms with E-state index < -0.39 is 46.5 Å². The van der Waals surface area contributed by atoms with E-state index >= 15 is 0 Å². The summed E-state index contributed by atoms with van der Waals surface area (Å²) >= 11 is 0. The van der Waals surface area contributed by atoms with E-state index in [2.05, 4.69) is 31.2 Å². The standard InChI is InChI=1S/C22H28N8O5/c1-13-21(32)29-16(11-14-7-3-2-4-8-14)22(33)28-15(18(23)31)9-5-6-10-24-19-17(30(34)35)20(27-13)26-12-25-19/h2-4,7-8,12-13,15-16H,5-6,9-11H2,1H3,(H2,23,31)(H,28,33)(H,29,32)(H2,24,25,26,27)/t13-,15-,16-/m1/s1. The van der Waals surface area contributed by atoms with Gasteiger partial charge in [-0.25, -0.2) is 9.97 Å². The van der Waals surface area contributed by atoms with Gasteiger partial charge in [-0.05, 0) is 31.7 Å². The Morgan fingerprint density at radius 3 is 2.49 bits per heavy atom. The first-order chi connectivity index (χ1) is 16.8. The maximum absolute atomic E-state index is 13.1. The van der Waals surface area contributed by atoms with Crippen molar-refractivity contribution in [1.82, 2.24) is 20.6 Å². The maximum atomic E-state index is 13.1. The second-order valence-electron chi connectivity index (χ2n) is 8.18. The quantitative estimate of drug-likeness (QED) is 0.303. The van der Waals surface area contributed by atoms with Crippen molar-refractivity contribution >= 4 is 35.0 Å². The third-order valence-electron chi connectivity index (χ3n) is 5.54. The fourth-order valence-electron chi connectivity index (χ4n) is 3.65. The molecule has 6 N–H and O–H groups in total. The molecule has 0 radical (unpaired) electrons. The lowest BCUT2D eigenvalue weighted by Crippen LogP contribution is -2.55. The summed E-state index contributed by atoms with van der Waals surface area (Å²) in [6, 6.07) is 6.13. The molecule has 2 heterocycles. The Morgan fingerprint density at radius 2 is 1.80 bits per heavy atom. The van der Waals surface area contributed by atoms with E-state index in [0.717, 1.165) is 11.9 Å². The van der Waals surface area contributed by atoms with Crippen molar-refractivity contribution in [3.8, 4) is 0 Å². The zero-order chi connectivity index (χ0) is 25.4. The van der Waals surface area contributed by atoms with Crippen molar-refractivity contribution in [3.63, 3.8) is 0 Å². The number of anilines is 2. The van der Waals surface area contributed by atoms with E-state index in [1.54, 1.807) is 12.1 Å². The molecule has 2 bridgehead atoms. The largest absolute Gasteiger partial charge is 0.368 e. The summed E-state index contributed by atoms with van der Waals surface area (Å²) in [6.45, 7) is 1.81. The van der Waals surface area contributed by atoms with Crippen LogP contribution in [0.3, 0.4) is 0 Å². The van der Waals surface area contributed by atoms with Gasteiger partial charge in [0.15, 0.2) is 0 Å². The third kappa shape index (κ3) is 6.85. The highest BCUT2D eigenvalue weighted by Gasteiger charge is 2.30. The van der Waals surface area contributed by atoms with Crippen molar-refractivity contribution in [2.45, 2.75) is 50.7 Å². The number of nitrogens with one attached hydrogen (secondary N) is 4.